The summed E-state index contributed by atoms with van der Waals surface area (Å²) in [5.41, 5.74) is 5.21. The predicted molar refractivity (Wildman–Crippen MR) is 46.2 cm³/mol. The number of hydrogen-bond donors (Lipinski definition) is 1. The van der Waals surface area contributed by atoms with E-state index < -0.39 is 5.91 Å². The molecule has 72 valence electrons. The minimum atomic E-state index is -0.654. The largest absolute Gasteiger partial charge is 0.500 e. The molecule has 1 rings (SSSR count). The van der Waals surface area contributed by atoms with Gasteiger partial charge in [-0.2, -0.15) is 0 Å². The minimum Gasteiger partial charge on any atom is -0.500 e. The van der Waals surface area contributed by atoms with Crippen LogP contribution in [0.3, 0.4) is 0 Å². The number of nitrogens with two attached hydrogens (primary N) is 1. The van der Waals surface area contributed by atoms with Crippen molar-refractivity contribution in [3.8, 4) is 0 Å². The van der Waals surface area contributed by atoms with E-state index in [1.807, 2.05) is 0 Å². The lowest BCUT2D eigenvalue weighted by atomic mass is 9.94. The molecular weight excluding hydrogens is 173 g/mol. The summed E-state index contributed by atoms with van der Waals surface area (Å²) in [4.78, 5) is 10.9. The Morgan fingerprint density at radius 2 is 2.38 bits per heavy atom. The van der Waals surface area contributed by atoms with Crippen LogP contribution < -0.4 is 5.73 Å². The van der Waals surface area contributed by atoms with Crippen LogP contribution in [-0.4, -0.2) is 13.0 Å². The smallest absolute Gasteiger partial charge is 0.252 e. The Labute approximate surface area is 76.1 Å². The second-order valence-corrected chi connectivity index (χ2v) is 3.04. The molecule has 1 aliphatic carbocycles. The van der Waals surface area contributed by atoms with Crippen molar-refractivity contribution in [2.75, 3.05) is 7.11 Å². The van der Waals surface area contributed by atoms with Gasteiger partial charge in [-0.15, -0.1) is 0 Å². The molecule has 1 atom stereocenters. The zero-order valence-corrected chi connectivity index (χ0v) is 7.63. The number of methoxy groups -OCH3 is 1. The van der Waals surface area contributed by atoms with Crippen molar-refractivity contribution in [1.29, 1.82) is 0 Å². The number of allylic oxidation sites excluding steroid dienone is 2. The molecule has 0 fully saturated rings. The van der Waals surface area contributed by atoms with Gasteiger partial charge in [0.25, 0.3) is 5.91 Å². The van der Waals surface area contributed by atoms with E-state index in [9.17, 15) is 9.18 Å². The normalized spacial score (nSPS) is 22.7. The molecule has 0 aromatic heterocycles. The molecule has 0 bridgehead atoms. The highest BCUT2D eigenvalue weighted by Crippen LogP contribution is 2.29. The molecule has 2 N–H and O–H groups in total. The van der Waals surface area contributed by atoms with Gasteiger partial charge in [-0.05, 0) is 6.08 Å². The number of hydrogen-bond acceptors (Lipinski definition) is 2. The highest BCUT2D eigenvalue weighted by atomic mass is 19.1. The topological polar surface area (TPSA) is 52.3 Å². The molecule has 0 radical (unpaired) electrons. The summed E-state index contributed by atoms with van der Waals surface area (Å²) in [6.45, 7) is 1.79. The first-order valence-electron chi connectivity index (χ1n) is 4.00. The van der Waals surface area contributed by atoms with Crippen LogP contribution in [0, 0.1) is 5.92 Å². The van der Waals surface area contributed by atoms with Crippen molar-refractivity contribution in [2.24, 2.45) is 11.7 Å². The lowest BCUT2D eigenvalue weighted by Crippen LogP contribution is -2.20. The van der Waals surface area contributed by atoms with Gasteiger partial charge in [0.15, 0.2) is 0 Å². The third-order valence-electron chi connectivity index (χ3n) is 2.00. The Morgan fingerprint density at radius 1 is 1.77 bits per heavy atom. The molecular formula is C9H12FNO2. The van der Waals surface area contributed by atoms with Crippen LogP contribution in [0.2, 0.25) is 0 Å². The Morgan fingerprint density at radius 3 is 2.85 bits per heavy atom. The van der Waals surface area contributed by atoms with Gasteiger partial charge >= 0.3 is 0 Å². The van der Waals surface area contributed by atoms with Gasteiger partial charge in [0.1, 0.15) is 11.6 Å². The monoisotopic (exact) mass is 185 g/mol. The van der Waals surface area contributed by atoms with E-state index in [0.29, 0.717) is 5.76 Å². The zero-order valence-electron chi connectivity index (χ0n) is 7.63. The molecule has 1 unspecified atom stereocenters. The standard InChI is InChI=1S/C9H12FNO2/c1-5-3-6(10)4-7(9(11)12)8(5)13-2/h4-5H,3H2,1-2H3,(H2,11,12). The summed E-state index contributed by atoms with van der Waals surface area (Å²) in [6, 6.07) is 0. The van der Waals surface area contributed by atoms with E-state index in [1.54, 1.807) is 6.92 Å². The molecule has 13 heavy (non-hydrogen) atoms. The van der Waals surface area contributed by atoms with Gasteiger partial charge in [0, 0.05) is 12.3 Å². The summed E-state index contributed by atoms with van der Waals surface area (Å²) >= 11 is 0. The Bertz CT molecular complexity index is 294. The molecule has 0 aromatic carbocycles. The number of carbonyl (C=O) groups is 1. The van der Waals surface area contributed by atoms with Crippen molar-refractivity contribution in [3.63, 3.8) is 0 Å². The number of halogens is 1. The van der Waals surface area contributed by atoms with Crippen LogP contribution in [-0.2, 0) is 9.53 Å². The molecule has 0 saturated carbocycles. The fourth-order valence-corrected chi connectivity index (χ4v) is 1.44. The number of rotatable bonds is 2. The summed E-state index contributed by atoms with van der Waals surface area (Å²) < 4.78 is 17.9. The van der Waals surface area contributed by atoms with Gasteiger partial charge < -0.3 is 10.5 Å². The van der Waals surface area contributed by atoms with Crippen LogP contribution >= 0.6 is 0 Å². The van der Waals surface area contributed by atoms with Crippen molar-refractivity contribution >= 4 is 5.91 Å². The molecule has 0 aliphatic heterocycles. The Hall–Kier alpha value is -1.32. The number of amides is 1. The van der Waals surface area contributed by atoms with Gasteiger partial charge in [0.05, 0.1) is 12.7 Å². The third-order valence-corrected chi connectivity index (χ3v) is 2.00. The lowest BCUT2D eigenvalue weighted by molar-refractivity contribution is -0.114. The SMILES string of the molecule is COC1=C(C(N)=O)C=C(F)CC1C. The van der Waals surface area contributed by atoms with Crippen LogP contribution in [0.5, 0.6) is 0 Å². The highest BCUT2D eigenvalue weighted by molar-refractivity contribution is 5.95. The number of primary amides is 1. The fourth-order valence-electron chi connectivity index (χ4n) is 1.44. The van der Waals surface area contributed by atoms with E-state index in [1.165, 1.54) is 7.11 Å². The molecule has 1 aliphatic rings. The second-order valence-electron chi connectivity index (χ2n) is 3.04. The maximum atomic E-state index is 12.9. The first-order chi connectivity index (χ1) is 6.06. The minimum absolute atomic E-state index is 0.127. The Balaban J connectivity index is 3.12. The molecule has 0 aromatic rings. The molecule has 0 saturated heterocycles. The molecule has 0 heterocycles. The van der Waals surface area contributed by atoms with Crippen LogP contribution in [0.4, 0.5) is 4.39 Å². The molecule has 4 heteroatoms. The molecule has 3 nitrogen and oxygen atoms in total. The van der Waals surface area contributed by atoms with Gasteiger partial charge in [-0.25, -0.2) is 4.39 Å². The quantitative estimate of drug-likeness (QED) is 0.704. The first-order valence-corrected chi connectivity index (χ1v) is 4.00. The van der Waals surface area contributed by atoms with Crippen molar-refractivity contribution in [1.82, 2.24) is 0 Å². The summed E-state index contributed by atoms with van der Waals surface area (Å²) in [6.07, 6.45) is 1.40. The van der Waals surface area contributed by atoms with Gasteiger partial charge in [-0.1, -0.05) is 6.92 Å². The predicted octanol–water partition coefficient (Wildman–Crippen LogP) is 1.27. The highest BCUT2D eigenvalue weighted by Gasteiger charge is 2.24. The summed E-state index contributed by atoms with van der Waals surface area (Å²) in [5, 5.41) is 0. The Kier molecular flexibility index (Phi) is 2.70. The number of ether oxygens (including phenoxy) is 1. The van der Waals surface area contributed by atoms with Crippen molar-refractivity contribution in [3.05, 3.63) is 23.2 Å². The second kappa shape index (κ2) is 3.60. The average molecular weight is 185 g/mol. The van der Waals surface area contributed by atoms with E-state index in [-0.39, 0.29) is 23.7 Å². The zero-order chi connectivity index (χ0) is 10.0. The molecule has 1 amide bonds. The van der Waals surface area contributed by atoms with E-state index in [2.05, 4.69) is 0 Å². The van der Waals surface area contributed by atoms with Gasteiger partial charge in [0.2, 0.25) is 0 Å². The van der Waals surface area contributed by atoms with E-state index in [4.69, 9.17) is 10.5 Å². The maximum absolute atomic E-state index is 12.9. The summed E-state index contributed by atoms with van der Waals surface area (Å²) in [7, 11) is 1.45. The van der Waals surface area contributed by atoms with Crippen molar-refractivity contribution < 1.29 is 13.9 Å². The lowest BCUT2D eigenvalue weighted by Gasteiger charge is -2.20. The average Bonchev–Trinajstić information content (AvgIpc) is 2.02. The van der Waals surface area contributed by atoms with Crippen LogP contribution in [0.1, 0.15) is 13.3 Å². The van der Waals surface area contributed by atoms with Crippen LogP contribution in [0.15, 0.2) is 23.2 Å². The third kappa shape index (κ3) is 1.88. The summed E-state index contributed by atoms with van der Waals surface area (Å²) in [5.74, 6) is -0.646. The van der Waals surface area contributed by atoms with E-state index >= 15 is 0 Å². The van der Waals surface area contributed by atoms with Crippen molar-refractivity contribution in [2.45, 2.75) is 13.3 Å². The van der Waals surface area contributed by atoms with Crippen LogP contribution in [0.25, 0.3) is 0 Å². The molecule has 0 spiro atoms. The van der Waals surface area contributed by atoms with Gasteiger partial charge in [-0.3, -0.25) is 4.79 Å². The number of carbonyl (C=O) groups excluding carboxylic acids is 1. The first kappa shape index (κ1) is 9.77. The fraction of sp³-hybridized carbons (Fsp3) is 0.444. The van der Waals surface area contributed by atoms with E-state index in [0.717, 1.165) is 6.08 Å². The maximum Gasteiger partial charge on any atom is 0.252 e.